The van der Waals surface area contributed by atoms with Crippen molar-refractivity contribution in [2.75, 3.05) is 29.9 Å². The summed E-state index contributed by atoms with van der Waals surface area (Å²) >= 11 is 0. The summed E-state index contributed by atoms with van der Waals surface area (Å²) in [5.74, 6) is -0.237. The van der Waals surface area contributed by atoms with Crippen LogP contribution in [0.3, 0.4) is 0 Å². The minimum Gasteiger partial charge on any atom is -0.351 e. The number of piperazine rings is 1. The van der Waals surface area contributed by atoms with E-state index in [1.807, 2.05) is 36.1 Å². The molecular formula is C21H27FN4O. The lowest BCUT2D eigenvalue weighted by molar-refractivity contribution is -0.121. The van der Waals surface area contributed by atoms with Crippen molar-refractivity contribution in [1.29, 1.82) is 0 Å². The first-order valence-corrected chi connectivity index (χ1v) is 9.21. The molecule has 1 aliphatic rings. The lowest BCUT2D eigenvalue weighted by Gasteiger charge is -2.40. The molecule has 1 aromatic heterocycles. The van der Waals surface area contributed by atoms with Crippen LogP contribution in [0.25, 0.3) is 0 Å². The summed E-state index contributed by atoms with van der Waals surface area (Å²) < 4.78 is 14.1. The van der Waals surface area contributed by atoms with Crippen molar-refractivity contribution in [1.82, 2.24) is 10.3 Å². The monoisotopic (exact) mass is 370 g/mol. The van der Waals surface area contributed by atoms with Gasteiger partial charge in [0.1, 0.15) is 5.54 Å². The van der Waals surface area contributed by atoms with E-state index in [9.17, 15) is 9.18 Å². The van der Waals surface area contributed by atoms with Crippen LogP contribution in [0, 0.1) is 5.82 Å². The number of rotatable bonds is 3. The van der Waals surface area contributed by atoms with Gasteiger partial charge in [-0.05, 0) is 42.2 Å². The third-order valence-corrected chi connectivity index (χ3v) is 4.95. The Hall–Kier alpha value is -2.47. The lowest BCUT2D eigenvalue weighted by Crippen LogP contribution is -2.64. The smallest absolute Gasteiger partial charge is 0.246 e. The molecule has 0 spiro atoms. The number of amides is 1. The van der Waals surface area contributed by atoms with Crippen molar-refractivity contribution < 1.29 is 9.18 Å². The Morgan fingerprint density at radius 1 is 1.26 bits per heavy atom. The lowest BCUT2D eigenvalue weighted by atomic mass is 9.87. The van der Waals surface area contributed by atoms with Gasteiger partial charge in [-0.25, -0.2) is 9.37 Å². The van der Waals surface area contributed by atoms with Crippen LogP contribution in [-0.2, 0) is 10.2 Å². The number of pyridine rings is 1. The molecule has 144 valence electrons. The quantitative estimate of drug-likeness (QED) is 0.870. The number of aromatic nitrogens is 1. The predicted molar refractivity (Wildman–Crippen MR) is 107 cm³/mol. The summed E-state index contributed by atoms with van der Waals surface area (Å²) in [5, 5.41) is 6.24. The Kier molecular flexibility index (Phi) is 5.20. The van der Waals surface area contributed by atoms with Gasteiger partial charge in [0.25, 0.3) is 0 Å². The minimum absolute atomic E-state index is 0.0622. The van der Waals surface area contributed by atoms with Crippen molar-refractivity contribution in [2.24, 2.45) is 0 Å². The van der Waals surface area contributed by atoms with Crippen LogP contribution in [-0.4, -0.2) is 36.1 Å². The fraction of sp³-hybridized carbons (Fsp3) is 0.429. The summed E-state index contributed by atoms with van der Waals surface area (Å²) in [6, 6.07) is 10.8. The fourth-order valence-electron chi connectivity index (χ4n) is 3.25. The van der Waals surface area contributed by atoms with Crippen molar-refractivity contribution >= 4 is 17.4 Å². The van der Waals surface area contributed by atoms with Crippen molar-refractivity contribution in [3.63, 3.8) is 0 Å². The Balaban J connectivity index is 1.72. The molecule has 0 saturated carbocycles. The standard InChI is InChI=1S/C21H27FN4O/c1-20(2,3)15-7-9-16(10-8-15)25-19(27)21(4)14-26(13-12-24-21)18-17(22)6-5-11-23-18/h5-11,24H,12-14H2,1-4H3,(H,25,27)/t21-/m1/s1. The maximum atomic E-state index is 14.1. The van der Waals surface area contributed by atoms with E-state index in [0.717, 1.165) is 5.69 Å². The molecule has 1 fully saturated rings. The average molecular weight is 370 g/mol. The van der Waals surface area contributed by atoms with E-state index in [0.29, 0.717) is 19.6 Å². The van der Waals surface area contributed by atoms with E-state index in [1.165, 1.54) is 11.6 Å². The minimum atomic E-state index is -0.842. The van der Waals surface area contributed by atoms with Crippen LogP contribution < -0.4 is 15.5 Å². The summed E-state index contributed by atoms with van der Waals surface area (Å²) in [7, 11) is 0. The van der Waals surface area contributed by atoms with Gasteiger partial charge < -0.3 is 15.5 Å². The van der Waals surface area contributed by atoms with E-state index in [-0.39, 0.29) is 23.0 Å². The first-order chi connectivity index (χ1) is 12.7. The van der Waals surface area contributed by atoms with Gasteiger partial charge in [-0.1, -0.05) is 32.9 Å². The Morgan fingerprint density at radius 2 is 1.96 bits per heavy atom. The molecule has 1 saturated heterocycles. The van der Waals surface area contributed by atoms with Crippen LogP contribution in [0.5, 0.6) is 0 Å². The van der Waals surface area contributed by atoms with Gasteiger partial charge in [-0.15, -0.1) is 0 Å². The Bertz CT molecular complexity index is 816. The average Bonchev–Trinajstić information content (AvgIpc) is 2.62. The molecule has 2 aromatic rings. The highest BCUT2D eigenvalue weighted by molar-refractivity contribution is 5.98. The number of carbonyl (C=O) groups is 1. The molecule has 1 atom stereocenters. The number of nitrogens with zero attached hydrogens (tertiary/aromatic N) is 2. The number of anilines is 2. The van der Waals surface area contributed by atoms with Crippen LogP contribution in [0.2, 0.25) is 0 Å². The predicted octanol–water partition coefficient (Wildman–Crippen LogP) is 3.33. The highest BCUT2D eigenvalue weighted by Crippen LogP contribution is 2.25. The summed E-state index contributed by atoms with van der Waals surface area (Å²) in [5.41, 5.74) is 1.17. The molecule has 2 heterocycles. The van der Waals surface area contributed by atoms with E-state index in [1.54, 1.807) is 12.3 Å². The zero-order chi connectivity index (χ0) is 19.7. The number of carbonyl (C=O) groups excluding carboxylic acids is 1. The molecule has 2 N–H and O–H groups in total. The molecule has 27 heavy (non-hydrogen) atoms. The van der Waals surface area contributed by atoms with Gasteiger partial charge in [0, 0.05) is 31.5 Å². The number of benzene rings is 1. The van der Waals surface area contributed by atoms with Crippen molar-refractivity contribution in [3.8, 4) is 0 Å². The van der Waals surface area contributed by atoms with Crippen LogP contribution in [0.1, 0.15) is 33.3 Å². The largest absolute Gasteiger partial charge is 0.351 e. The van der Waals surface area contributed by atoms with Gasteiger partial charge in [-0.3, -0.25) is 4.79 Å². The van der Waals surface area contributed by atoms with Crippen LogP contribution >= 0.6 is 0 Å². The molecule has 0 radical (unpaired) electrons. The van der Waals surface area contributed by atoms with Crippen molar-refractivity contribution in [2.45, 2.75) is 38.6 Å². The van der Waals surface area contributed by atoms with E-state index >= 15 is 0 Å². The van der Waals surface area contributed by atoms with Gasteiger partial charge >= 0.3 is 0 Å². The normalized spacial score (nSPS) is 20.4. The molecule has 0 unspecified atom stereocenters. The number of halogens is 1. The third-order valence-electron chi connectivity index (χ3n) is 4.95. The molecular weight excluding hydrogens is 343 g/mol. The molecule has 6 heteroatoms. The first kappa shape index (κ1) is 19.3. The second-order valence-electron chi connectivity index (χ2n) is 8.27. The molecule has 0 aliphatic carbocycles. The van der Waals surface area contributed by atoms with Gasteiger partial charge in [-0.2, -0.15) is 0 Å². The molecule has 1 aromatic carbocycles. The zero-order valence-corrected chi connectivity index (χ0v) is 16.3. The van der Waals surface area contributed by atoms with Gasteiger partial charge in [0.2, 0.25) is 5.91 Å². The SMILES string of the molecule is CC(C)(C)c1ccc(NC(=O)[C@@]2(C)CN(c3ncccc3F)CCN2)cc1. The van der Waals surface area contributed by atoms with Gasteiger partial charge in [0.15, 0.2) is 11.6 Å². The molecule has 3 rings (SSSR count). The topological polar surface area (TPSA) is 57.3 Å². The Morgan fingerprint density at radius 3 is 2.59 bits per heavy atom. The number of hydrogen-bond donors (Lipinski definition) is 2. The number of hydrogen-bond acceptors (Lipinski definition) is 4. The maximum absolute atomic E-state index is 14.1. The van der Waals surface area contributed by atoms with E-state index in [2.05, 4.69) is 36.4 Å². The summed E-state index contributed by atoms with van der Waals surface area (Å²) in [6.45, 7) is 9.79. The number of nitrogens with one attached hydrogen (secondary N) is 2. The Labute approximate surface area is 160 Å². The third kappa shape index (κ3) is 4.27. The van der Waals surface area contributed by atoms with E-state index < -0.39 is 5.54 Å². The van der Waals surface area contributed by atoms with Crippen LogP contribution in [0.15, 0.2) is 42.6 Å². The first-order valence-electron chi connectivity index (χ1n) is 9.21. The zero-order valence-electron chi connectivity index (χ0n) is 16.3. The molecule has 5 nitrogen and oxygen atoms in total. The maximum Gasteiger partial charge on any atom is 0.246 e. The summed E-state index contributed by atoms with van der Waals surface area (Å²) in [4.78, 5) is 18.9. The van der Waals surface area contributed by atoms with Gasteiger partial charge in [0.05, 0.1) is 0 Å². The highest BCUT2D eigenvalue weighted by Gasteiger charge is 2.38. The molecule has 0 bridgehead atoms. The molecule has 1 amide bonds. The molecule has 1 aliphatic heterocycles. The highest BCUT2D eigenvalue weighted by atomic mass is 19.1. The second kappa shape index (κ2) is 7.27. The fourth-order valence-corrected chi connectivity index (χ4v) is 3.25. The van der Waals surface area contributed by atoms with Crippen molar-refractivity contribution in [3.05, 3.63) is 54.0 Å². The van der Waals surface area contributed by atoms with E-state index in [4.69, 9.17) is 0 Å². The second-order valence-corrected chi connectivity index (χ2v) is 8.27. The summed E-state index contributed by atoms with van der Waals surface area (Å²) in [6.07, 6.45) is 1.56. The van der Waals surface area contributed by atoms with Crippen LogP contribution in [0.4, 0.5) is 15.9 Å².